The molecule has 1 saturated carbocycles. The van der Waals surface area contributed by atoms with E-state index >= 15 is 0 Å². The molecule has 0 bridgehead atoms. The van der Waals surface area contributed by atoms with Crippen LogP contribution in [0.25, 0.3) is 0 Å². The number of alkyl halides is 2. The molecular formula is C12H15F2N3O. The van der Waals surface area contributed by atoms with E-state index in [0.717, 1.165) is 0 Å². The molecular weight excluding hydrogens is 240 g/mol. The number of fused-ring (bicyclic) bond motifs is 1. The second kappa shape index (κ2) is 3.52. The minimum Gasteiger partial charge on any atom is -0.300 e. The third-order valence-electron chi connectivity index (χ3n) is 3.83. The van der Waals surface area contributed by atoms with Crippen molar-refractivity contribution in [2.45, 2.75) is 38.2 Å². The molecule has 4 nitrogen and oxygen atoms in total. The first-order chi connectivity index (χ1) is 8.40. The van der Waals surface area contributed by atoms with Crippen LogP contribution in [-0.4, -0.2) is 28.7 Å². The molecule has 98 valence electrons. The number of carbonyl (C=O) groups excluding carboxylic acids is 1. The molecule has 1 aliphatic heterocycles. The largest absolute Gasteiger partial charge is 0.300 e. The molecule has 1 aromatic heterocycles. The number of amides is 1. The third kappa shape index (κ3) is 1.62. The Morgan fingerprint density at radius 1 is 1.50 bits per heavy atom. The van der Waals surface area contributed by atoms with Crippen LogP contribution in [0.3, 0.4) is 0 Å². The molecule has 0 aromatic carbocycles. The Kier molecular flexibility index (Phi) is 2.27. The summed E-state index contributed by atoms with van der Waals surface area (Å²) in [7, 11) is 1.67. The number of halogens is 2. The maximum atomic E-state index is 13.0. The average Bonchev–Trinajstić information content (AvgIpc) is 2.81. The fourth-order valence-electron chi connectivity index (χ4n) is 2.45. The first-order valence-corrected chi connectivity index (χ1v) is 6.13. The maximum absolute atomic E-state index is 13.0. The van der Waals surface area contributed by atoms with Crippen LogP contribution in [0.2, 0.25) is 0 Å². The van der Waals surface area contributed by atoms with Crippen LogP contribution in [0.4, 0.5) is 14.6 Å². The Balaban J connectivity index is 1.94. The molecule has 0 N–H and O–H groups in total. The Hall–Kier alpha value is -1.46. The molecule has 2 unspecified atom stereocenters. The molecule has 3 rings (SSSR count). The van der Waals surface area contributed by atoms with Gasteiger partial charge in [-0.25, -0.2) is 13.5 Å². The van der Waals surface area contributed by atoms with E-state index in [9.17, 15) is 13.6 Å². The van der Waals surface area contributed by atoms with E-state index in [4.69, 9.17) is 0 Å². The summed E-state index contributed by atoms with van der Waals surface area (Å²) in [5.41, 5.74) is 0.407. The predicted molar refractivity (Wildman–Crippen MR) is 61.7 cm³/mol. The highest BCUT2D eigenvalue weighted by Crippen LogP contribution is 2.55. The van der Waals surface area contributed by atoms with Gasteiger partial charge in [-0.05, 0) is 6.42 Å². The number of carbonyl (C=O) groups is 1. The standard InChI is InChI=1S/C12H15F2N3O/c1-7-3-4-17-10(16(2)11(7)18)5-9(15-17)8-6-12(8,13)14/h5,7-8H,3-4,6H2,1-2H3. The summed E-state index contributed by atoms with van der Waals surface area (Å²) in [5.74, 6) is -2.79. The summed E-state index contributed by atoms with van der Waals surface area (Å²) in [6.07, 6.45) is 0.565. The van der Waals surface area contributed by atoms with Gasteiger partial charge in [0, 0.05) is 32.0 Å². The van der Waals surface area contributed by atoms with Crippen molar-refractivity contribution in [1.29, 1.82) is 0 Å². The normalized spacial score (nSPS) is 30.0. The van der Waals surface area contributed by atoms with Crippen molar-refractivity contribution in [2.75, 3.05) is 11.9 Å². The summed E-state index contributed by atoms with van der Waals surface area (Å²) in [5, 5.41) is 4.23. The topological polar surface area (TPSA) is 38.1 Å². The van der Waals surface area contributed by atoms with Crippen molar-refractivity contribution in [2.24, 2.45) is 5.92 Å². The van der Waals surface area contributed by atoms with E-state index in [0.29, 0.717) is 24.5 Å². The number of nitrogens with zero attached hydrogens (tertiary/aromatic N) is 3. The molecule has 18 heavy (non-hydrogen) atoms. The molecule has 0 radical (unpaired) electrons. The van der Waals surface area contributed by atoms with Crippen LogP contribution >= 0.6 is 0 Å². The quantitative estimate of drug-likeness (QED) is 0.770. The van der Waals surface area contributed by atoms with Crippen molar-refractivity contribution in [3.63, 3.8) is 0 Å². The van der Waals surface area contributed by atoms with Crippen LogP contribution in [0, 0.1) is 5.92 Å². The lowest BCUT2D eigenvalue weighted by Crippen LogP contribution is -2.30. The van der Waals surface area contributed by atoms with Crippen LogP contribution in [0.1, 0.15) is 31.4 Å². The summed E-state index contributed by atoms with van der Waals surface area (Å²) in [4.78, 5) is 13.5. The van der Waals surface area contributed by atoms with Gasteiger partial charge in [-0.2, -0.15) is 5.10 Å². The SMILES string of the molecule is CC1CCn2nc(C3CC3(F)F)cc2N(C)C1=O. The fraction of sp³-hybridized carbons (Fsp3) is 0.667. The minimum absolute atomic E-state index is 0.0164. The molecule has 0 spiro atoms. The summed E-state index contributed by atoms with van der Waals surface area (Å²) in [6.45, 7) is 2.48. The molecule has 0 saturated heterocycles. The Morgan fingerprint density at radius 3 is 2.78 bits per heavy atom. The predicted octanol–water partition coefficient (Wildman–Crippen LogP) is 2.01. The monoisotopic (exact) mass is 255 g/mol. The maximum Gasteiger partial charge on any atom is 0.257 e. The second-order valence-corrected chi connectivity index (χ2v) is 5.26. The third-order valence-corrected chi connectivity index (χ3v) is 3.83. The number of hydrogen-bond donors (Lipinski definition) is 0. The molecule has 6 heteroatoms. The van der Waals surface area contributed by atoms with Gasteiger partial charge in [-0.1, -0.05) is 6.92 Å². The van der Waals surface area contributed by atoms with Gasteiger partial charge in [0.15, 0.2) is 0 Å². The van der Waals surface area contributed by atoms with Crippen molar-refractivity contribution in [3.05, 3.63) is 11.8 Å². The van der Waals surface area contributed by atoms with Gasteiger partial charge in [0.05, 0.1) is 11.6 Å². The van der Waals surface area contributed by atoms with E-state index in [2.05, 4.69) is 5.10 Å². The smallest absolute Gasteiger partial charge is 0.257 e. The summed E-state index contributed by atoms with van der Waals surface area (Å²) >= 11 is 0. The highest BCUT2D eigenvalue weighted by Gasteiger charge is 2.59. The molecule has 1 aliphatic carbocycles. The Labute approximate surface area is 104 Å². The average molecular weight is 255 g/mol. The van der Waals surface area contributed by atoms with Gasteiger partial charge in [-0.3, -0.25) is 9.69 Å². The van der Waals surface area contributed by atoms with Crippen molar-refractivity contribution in [1.82, 2.24) is 9.78 Å². The van der Waals surface area contributed by atoms with Crippen molar-refractivity contribution >= 4 is 11.7 Å². The van der Waals surface area contributed by atoms with Gasteiger partial charge in [0.25, 0.3) is 5.92 Å². The van der Waals surface area contributed by atoms with Crippen LogP contribution in [0.15, 0.2) is 6.07 Å². The Morgan fingerprint density at radius 2 is 2.17 bits per heavy atom. The number of aromatic nitrogens is 2. The molecule has 2 heterocycles. The van der Waals surface area contributed by atoms with Crippen molar-refractivity contribution in [3.8, 4) is 0 Å². The van der Waals surface area contributed by atoms with Crippen LogP contribution < -0.4 is 4.90 Å². The first-order valence-electron chi connectivity index (χ1n) is 6.13. The lowest BCUT2D eigenvalue weighted by atomic mass is 10.1. The van der Waals surface area contributed by atoms with Gasteiger partial charge >= 0.3 is 0 Å². The number of anilines is 1. The molecule has 1 amide bonds. The summed E-state index contributed by atoms with van der Waals surface area (Å²) < 4.78 is 27.7. The summed E-state index contributed by atoms with van der Waals surface area (Å²) in [6, 6.07) is 1.63. The lowest BCUT2D eigenvalue weighted by Gasteiger charge is -2.16. The minimum atomic E-state index is -2.61. The van der Waals surface area contributed by atoms with E-state index in [-0.39, 0.29) is 18.2 Å². The second-order valence-electron chi connectivity index (χ2n) is 5.26. The molecule has 2 aliphatic rings. The van der Waals surface area contributed by atoms with Crippen LogP contribution in [0.5, 0.6) is 0 Å². The highest BCUT2D eigenvalue weighted by atomic mass is 19.3. The highest BCUT2D eigenvalue weighted by molar-refractivity contribution is 5.94. The number of rotatable bonds is 1. The van der Waals surface area contributed by atoms with Gasteiger partial charge in [0.2, 0.25) is 5.91 Å². The zero-order valence-corrected chi connectivity index (χ0v) is 10.4. The number of aryl methyl sites for hydroxylation is 1. The zero-order valence-electron chi connectivity index (χ0n) is 10.4. The Bertz CT molecular complexity index is 511. The van der Waals surface area contributed by atoms with Crippen LogP contribution in [-0.2, 0) is 11.3 Å². The van der Waals surface area contributed by atoms with Gasteiger partial charge in [0.1, 0.15) is 5.82 Å². The van der Waals surface area contributed by atoms with E-state index < -0.39 is 11.8 Å². The molecule has 2 atom stereocenters. The van der Waals surface area contributed by atoms with Gasteiger partial charge in [-0.15, -0.1) is 0 Å². The lowest BCUT2D eigenvalue weighted by molar-refractivity contribution is -0.121. The zero-order chi connectivity index (χ0) is 13.1. The molecule has 1 fully saturated rings. The van der Waals surface area contributed by atoms with Gasteiger partial charge < -0.3 is 0 Å². The molecule has 1 aromatic rings. The first kappa shape index (κ1) is 11.6. The van der Waals surface area contributed by atoms with E-state index in [1.165, 1.54) is 4.90 Å². The van der Waals surface area contributed by atoms with Crippen molar-refractivity contribution < 1.29 is 13.6 Å². The fourth-order valence-corrected chi connectivity index (χ4v) is 2.45. The number of hydrogen-bond acceptors (Lipinski definition) is 2. The van der Waals surface area contributed by atoms with E-state index in [1.807, 2.05) is 6.92 Å². The van der Waals surface area contributed by atoms with E-state index in [1.54, 1.807) is 17.8 Å².